The van der Waals surface area contributed by atoms with Crippen LogP contribution in [0.25, 0.3) is 0 Å². The predicted octanol–water partition coefficient (Wildman–Crippen LogP) is 2.72. The number of hydrogen-bond acceptors (Lipinski definition) is 2. The zero-order valence-electron chi connectivity index (χ0n) is 10.0. The summed E-state index contributed by atoms with van der Waals surface area (Å²) in [6.07, 6.45) is 9.87. The second kappa shape index (κ2) is 5.86. The third-order valence-corrected chi connectivity index (χ3v) is 3.66. The molecule has 2 aliphatic carbocycles. The van der Waals surface area contributed by atoms with E-state index in [1.54, 1.807) is 0 Å². The van der Waals surface area contributed by atoms with E-state index < -0.39 is 0 Å². The van der Waals surface area contributed by atoms with Crippen molar-refractivity contribution in [2.75, 3.05) is 13.2 Å². The van der Waals surface area contributed by atoms with Gasteiger partial charge in [-0.25, -0.2) is 0 Å². The average molecular weight is 211 g/mol. The normalized spacial score (nSPS) is 31.0. The fourth-order valence-electron chi connectivity index (χ4n) is 2.48. The third kappa shape index (κ3) is 3.76. The first-order valence-electron chi connectivity index (χ1n) is 6.75. The molecule has 15 heavy (non-hydrogen) atoms. The topological polar surface area (TPSA) is 21.3 Å². The standard InChI is InChI=1S/C13H25NO/c1-2-9-14-12-4-3-5-13(12)15-10-8-11-6-7-11/h11-14H,2-10H2,1H3. The van der Waals surface area contributed by atoms with Crippen LogP contribution >= 0.6 is 0 Å². The first-order valence-corrected chi connectivity index (χ1v) is 6.75. The highest BCUT2D eigenvalue weighted by molar-refractivity contribution is 4.84. The molecule has 2 fully saturated rings. The van der Waals surface area contributed by atoms with Gasteiger partial charge in [0.05, 0.1) is 6.10 Å². The van der Waals surface area contributed by atoms with Gasteiger partial charge in [-0.2, -0.15) is 0 Å². The van der Waals surface area contributed by atoms with Crippen LogP contribution in [0.4, 0.5) is 0 Å². The van der Waals surface area contributed by atoms with E-state index in [0.717, 1.165) is 19.1 Å². The highest BCUT2D eigenvalue weighted by atomic mass is 16.5. The Bertz CT molecular complexity index is 179. The molecule has 2 atom stereocenters. The van der Waals surface area contributed by atoms with Gasteiger partial charge in [0, 0.05) is 12.6 Å². The summed E-state index contributed by atoms with van der Waals surface area (Å²) >= 11 is 0. The van der Waals surface area contributed by atoms with Gasteiger partial charge in [0.15, 0.2) is 0 Å². The van der Waals surface area contributed by atoms with Crippen LogP contribution in [0.5, 0.6) is 0 Å². The summed E-state index contributed by atoms with van der Waals surface area (Å²) in [5, 5.41) is 3.61. The van der Waals surface area contributed by atoms with Crippen molar-refractivity contribution >= 4 is 0 Å². The molecular formula is C13H25NO. The fourth-order valence-corrected chi connectivity index (χ4v) is 2.48. The lowest BCUT2D eigenvalue weighted by Gasteiger charge is -2.21. The van der Waals surface area contributed by atoms with Gasteiger partial charge in [0.1, 0.15) is 0 Å². The second-order valence-electron chi connectivity index (χ2n) is 5.13. The Morgan fingerprint density at radius 2 is 2.07 bits per heavy atom. The van der Waals surface area contributed by atoms with Crippen molar-refractivity contribution < 1.29 is 4.74 Å². The van der Waals surface area contributed by atoms with Crippen LogP contribution < -0.4 is 5.32 Å². The maximum absolute atomic E-state index is 6.00. The molecule has 0 spiro atoms. The summed E-state index contributed by atoms with van der Waals surface area (Å²) < 4.78 is 6.00. The zero-order valence-corrected chi connectivity index (χ0v) is 10.0. The molecule has 0 amide bonds. The van der Waals surface area contributed by atoms with E-state index in [1.807, 2.05) is 0 Å². The van der Waals surface area contributed by atoms with Gasteiger partial charge in [-0.1, -0.05) is 19.8 Å². The Hall–Kier alpha value is -0.0800. The minimum atomic E-state index is 0.510. The first-order chi connectivity index (χ1) is 7.40. The van der Waals surface area contributed by atoms with E-state index in [-0.39, 0.29) is 0 Å². The number of hydrogen-bond donors (Lipinski definition) is 1. The Kier molecular flexibility index (Phi) is 4.45. The third-order valence-electron chi connectivity index (χ3n) is 3.66. The van der Waals surface area contributed by atoms with Gasteiger partial charge in [-0.05, 0) is 44.6 Å². The molecule has 1 N–H and O–H groups in total. The molecule has 0 radical (unpaired) electrons. The zero-order chi connectivity index (χ0) is 10.5. The lowest BCUT2D eigenvalue weighted by molar-refractivity contribution is 0.0365. The Balaban J connectivity index is 1.60. The number of rotatable bonds is 7. The van der Waals surface area contributed by atoms with Crippen molar-refractivity contribution in [1.29, 1.82) is 0 Å². The molecule has 2 unspecified atom stereocenters. The molecule has 0 heterocycles. The fraction of sp³-hybridized carbons (Fsp3) is 1.00. The van der Waals surface area contributed by atoms with E-state index in [9.17, 15) is 0 Å². The lowest BCUT2D eigenvalue weighted by Crippen LogP contribution is -2.37. The van der Waals surface area contributed by atoms with Crippen LogP contribution in [0, 0.1) is 5.92 Å². The van der Waals surface area contributed by atoms with Crippen molar-refractivity contribution in [3.8, 4) is 0 Å². The quantitative estimate of drug-likeness (QED) is 0.699. The molecule has 2 nitrogen and oxygen atoms in total. The monoisotopic (exact) mass is 211 g/mol. The largest absolute Gasteiger partial charge is 0.377 e. The molecule has 2 heteroatoms. The van der Waals surface area contributed by atoms with Crippen LogP contribution in [0.15, 0.2) is 0 Å². The van der Waals surface area contributed by atoms with Crippen LogP contribution in [-0.4, -0.2) is 25.3 Å². The lowest BCUT2D eigenvalue weighted by atomic mass is 10.2. The van der Waals surface area contributed by atoms with Crippen molar-refractivity contribution in [2.24, 2.45) is 5.92 Å². The molecule has 0 aliphatic heterocycles. The van der Waals surface area contributed by atoms with Gasteiger partial charge >= 0.3 is 0 Å². The number of nitrogens with one attached hydrogen (secondary N) is 1. The average Bonchev–Trinajstić information content (AvgIpc) is 2.95. The molecule has 2 aliphatic rings. The van der Waals surface area contributed by atoms with E-state index in [0.29, 0.717) is 12.1 Å². The van der Waals surface area contributed by atoms with E-state index in [2.05, 4.69) is 12.2 Å². The molecular weight excluding hydrogens is 186 g/mol. The van der Waals surface area contributed by atoms with Gasteiger partial charge in [-0.3, -0.25) is 0 Å². The van der Waals surface area contributed by atoms with Crippen molar-refractivity contribution in [1.82, 2.24) is 5.32 Å². The van der Waals surface area contributed by atoms with Crippen LogP contribution in [0.2, 0.25) is 0 Å². The Morgan fingerprint density at radius 1 is 1.20 bits per heavy atom. The SMILES string of the molecule is CCCNC1CCCC1OCCC1CC1. The van der Waals surface area contributed by atoms with Crippen molar-refractivity contribution in [3.63, 3.8) is 0 Å². The molecule has 88 valence electrons. The van der Waals surface area contributed by atoms with Crippen molar-refractivity contribution in [2.45, 2.75) is 64.0 Å². The molecule has 2 saturated carbocycles. The summed E-state index contributed by atoms with van der Waals surface area (Å²) in [6.45, 7) is 4.37. The second-order valence-corrected chi connectivity index (χ2v) is 5.13. The maximum atomic E-state index is 6.00. The summed E-state index contributed by atoms with van der Waals surface area (Å²) in [7, 11) is 0. The first kappa shape index (κ1) is 11.4. The van der Waals surface area contributed by atoms with Crippen molar-refractivity contribution in [3.05, 3.63) is 0 Å². The van der Waals surface area contributed by atoms with Crippen LogP contribution in [0.3, 0.4) is 0 Å². The van der Waals surface area contributed by atoms with Crippen LogP contribution in [-0.2, 0) is 4.74 Å². The summed E-state index contributed by atoms with van der Waals surface area (Å²) in [6, 6.07) is 0.643. The maximum Gasteiger partial charge on any atom is 0.0728 e. The summed E-state index contributed by atoms with van der Waals surface area (Å²) in [5.74, 6) is 1.01. The van der Waals surface area contributed by atoms with E-state index in [4.69, 9.17) is 4.74 Å². The Morgan fingerprint density at radius 3 is 2.80 bits per heavy atom. The van der Waals surface area contributed by atoms with E-state index in [1.165, 1.54) is 44.9 Å². The minimum absolute atomic E-state index is 0.510. The molecule has 0 aromatic rings. The minimum Gasteiger partial charge on any atom is -0.377 e. The molecule has 0 bridgehead atoms. The smallest absolute Gasteiger partial charge is 0.0728 e. The summed E-state index contributed by atoms with van der Waals surface area (Å²) in [5.41, 5.74) is 0. The molecule has 0 aromatic heterocycles. The van der Waals surface area contributed by atoms with E-state index >= 15 is 0 Å². The highest BCUT2D eigenvalue weighted by Crippen LogP contribution is 2.32. The van der Waals surface area contributed by atoms with Gasteiger partial charge < -0.3 is 10.1 Å². The molecule has 0 aromatic carbocycles. The molecule has 2 rings (SSSR count). The predicted molar refractivity (Wildman–Crippen MR) is 63.0 cm³/mol. The van der Waals surface area contributed by atoms with Crippen LogP contribution in [0.1, 0.15) is 51.9 Å². The molecule has 0 saturated heterocycles. The summed E-state index contributed by atoms with van der Waals surface area (Å²) in [4.78, 5) is 0. The van der Waals surface area contributed by atoms with Gasteiger partial charge in [0.2, 0.25) is 0 Å². The Labute approximate surface area is 93.8 Å². The van der Waals surface area contributed by atoms with Gasteiger partial charge in [0.25, 0.3) is 0 Å². The number of ether oxygens (including phenoxy) is 1. The highest BCUT2D eigenvalue weighted by Gasteiger charge is 2.28. The van der Waals surface area contributed by atoms with Gasteiger partial charge in [-0.15, -0.1) is 0 Å².